The fourth-order valence-electron chi connectivity index (χ4n) is 2.81. The third kappa shape index (κ3) is 5.16. The smallest absolute Gasteiger partial charge is 0.336 e. The molecule has 2 amide bonds. The van der Waals surface area contributed by atoms with Crippen molar-refractivity contribution in [2.45, 2.75) is 13.8 Å². The van der Waals surface area contributed by atoms with E-state index in [1.807, 2.05) is 13.8 Å². The molecule has 1 aromatic heterocycles. The quantitative estimate of drug-likeness (QED) is 0.553. The van der Waals surface area contributed by atoms with E-state index in [0.29, 0.717) is 46.9 Å². The van der Waals surface area contributed by atoms with Crippen LogP contribution in [0.25, 0.3) is 11.0 Å². The minimum absolute atomic E-state index is 0.210. The lowest BCUT2D eigenvalue weighted by Gasteiger charge is -2.12. The lowest BCUT2D eigenvalue weighted by atomic mass is 10.2. The molecule has 0 aliphatic rings. The van der Waals surface area contributed by atoms with Gasteiger partial charge in [-0.1, -0.05) is 0 Å². The van der Waals surface area contributed by atoms with E-state index in [1.165, 1.54) is 6.07 Å². The Kier molecular flexibility index (Phi) is 6.69. The predicted molar refractivity (Wildman–Crippen MR) is 112 cm³/mol. The lowest BCUT2D eigenvalue weighted by Crippen LogP contribution is -2.32. The summed E-state index contributed by atoms with van der Waals surface area (Å²) in [5, 5.41) is 5.95. The summed E-state index contributed by atoms with van der Waals surface area (Å²) in [6.45, 7) is 4.40. The van der Waals surface area contributed by atoms with E-state index in [9.17, 15) is 14.4 Å². The zero-order valence-electron chi connectivity index (χ0n) is 16.7. The number of benzene rings is 2. The third-order valence-electron chi connectivity index (χ3n) is 4.12. The summed E-state index contributed by atoms with van der Waals surface area (Å²) in [6, 6.07) is 12.7. The number of ether oxygens (including phenoxy) is 2. The molecular weight excluding hydrogens is 388 g/mol. The molecule has 3 rings (SSSR count). The van der Waals surface area contributed by atoms with Gasteiger partial charge in [0.1, 0.15) is 5.58 Å². The molecule has 156 valence electrons. The molecule has 1 heterocycles. The summed E-state index contributed by atoms with van der Waals surface area (Å²) in [5.41, 5.74) is 0.865. The van der Waals surface area contributed by atoms with Gasteiger partial charge in [-0.3, -0.25) is 9.59 Å². The summed E-state index contributed by atoms with van der Waals surface area (Å²) < 4.78 is 16.1. The highest BCUT2D eigenvalue weighted by Crippen LogP contribution is 2.28. The van der Waals surface area contributed by atoms with Crippen molar-refractivity contribution in [3.63, 3.8) is 0 Å². The second kappa shape index (κ2) is 9.60. The zero-order valence-corrected chi connectivity index (χ0v) is 16.7. The molecule has 8 nitrogen and oxygen atoms in total. The monoisotopic (exact) mass is 410 g/mol. The van der Waals surface area contributed by atoms with E-state index in [4.69, 9.17) is 13.9 Å². The zero-order chi connectivity index (χ0) is 21.5. The number of nitrogens with one attached hydrogen (secondary N) is 2. The maximum atomic E-state index is 12.4. The lowest BCUT2D eigenvalue weighted by molar-refractivity contribution is -0.115. The van der Waals surface area contributed by atoms with Gasteiger partial charge in [-0.25, -0.2) is 4.79 Å². The molecule has 0 spiro atoms. The largest absolute Gasteiger partial charge is 0.490 e. The molecule has 0 unspecified atom stereocenters. The van der Waals surface area contributed by atoms with Crippen molar-refractivity contribution in [1.82, 2.24) is 5.32 Å². The normalized spacial score (nSPS) is 10.5. The van der Waals surface area contributed by atoms with E-state index < -0.39 is 17.4 Å². The van der Waals surface area contributed by atoms with Crippen LogP contribution in [0.1, 0.15) is 24.2 Å². The van der Waals surface area contributed by atoms with Gasteiger partial charge in [-0.2, -0.15) is 0 Å². The van der Waals surface area contributed by atoms with E-state index in [2.05, 4.69) is 10.6 Å². The standard InChI is InChI=1S/C22H22N2O6/c1-3-28-18-8-5-15(12-19(18)29-4-2)22(27)23-13-20(25)24-16-7-9-17-14(11-16)6-10-21(26)30-17/h5-12H,3-4,13H2,1-2H3,(H,23,27)(H,24,25). The van der Waals surface area contributed by atoms with E-state index in [0.717, 1.165) is 0 Å². The van der Waals surface area contributed by atoms with Crippen LogP contribution in [0.5, 0.6) is 11.5 Å². The van der Waals surface area contributed by atoms with Crippen molar-refractivity contribution in [1.29, 1.82) is 0 Å². The maximum absolute atomic E-state index is 12.4. The van der Waals surface area contributed by atoms with Gasteiger partial charge in [0.05, 0.1) is 19.8 Å². The number of hydrogen-bond donors (Lipinski definition) is 2. The van der Waals surface area contributed by atoms with Crippen LogP contribution in [-0.4, -0.2) is 31.6 Å². The Morgan fingerprint density at radius 3 is 2.47 bits per heavy atom. The summed E-state index contributed by atoms with van der Waals surface area (Å²) in [6.07, 6.45) is 0. The number of anilines is 1. The predicted octanol–water partition coefficient (Wildman–Crippen LogP) is 2.96. The van der Waals surface area contributed by atoms with Gasteiger partial charge in [0.25, 0.3) is 5.91 Å². The van der Waals surface area contributed by atoms with Gasteiger partial charge < -0.3 is 24.5 Å². The molecule has 0 saturated heterocycles. The second-order valence-electron chi connectivity index (χ2n) is 6.27. The summed E-state index contributed by atoms with van der Waals surface area (Å²) in [4.78, 5) is 35.8. The highest BCUT2D eigenvalue weighted by molar-refractivity contribution is 6.00. The Bertz CT molecular complexity index is 1120. The number of hydrogen-bond acceptors (Lipinski definition) is 6. The minimum Gasteiger partial charge on any atom is -0.490 e. The number of fused-ring (bicyclic) bond motifs is 1. The Morgan fingerprint density at radius 1 is 0.933 bits per heavy atom. The fourth-order valence-corrected chi connectivity index (χ4v) is 2.81. The van der Waals surface area contributed by atoms with E-state index in [1.54, 1.807) is 42.5 Å². The van der Waals surface area contributed by atoms with Gasteiger partial charge in [0.15, 0.2) is 11.5 Å². The average molecular weight is 410 g/mol. The van der Waals surface area contributed by atoms with Crippen LogP contribution in [0, 0.1) is 0 Å². The van der Waals surface area contributed by atoms with Crippen LogP contribution in [-0.2, 0) is 4.79 Å². The van der Waals surface area contributed by atoms with Crippen LogP contribution in [0.3, 0.4) is 0 Å². The minimum atomic E-state index is -0.441. The van der Waals surface area contributed by atoms with Crippen LogP contribution >= 0.6 is 0 Å². The van der Waals surface area contributed by atoms with Crippen molar-refractivity contribution in [2.24, 2.45) is 0 Å². The fraction of sp³-hybridized carbons (Fsp3) is 0.227. The molecule has 0 fully saturated rings. The Labute approximate surface area is 172 Å². The topological polar surface area (TPSA) is 107 Å². The van der Waals surface area contributed by atoms with E-state index >= 15 is 0 Å². The van der Waals surface area contributed by atoms with E-state index in [-0.39, 0.29) is 6.54 Å². The number of rotatable bonds is 8. The van der Waals surface area contributed by atoms with Gasteiger partial charge in [0.2, 0.25) is 5.91 Å². The van der Waals surface area contributed by atoms with Gasteiger partial charge in [-0.15, -0.1) is 0 Å². The Balaban J connectivity index is 1.61. The van der Waals surface area contributed by atoms with Gasteiger partial charge in [-0.05, 0) is 56.3 Å². The molecule has 30 heavy (non-hydrogen) atoms. The average Bonchev–Trinajstić information content (AvgIpc) is 2.73. The summed E-state index contributed by atoms with van der Waals surface area (Å²) in [7, 11) is 0. The molecule has 8 heteroatoms. The number of amides is 2. The van der Waals surface area contributed by atoms with Crippen LogP contribution < -0.4 is 25.7 Å². The Morgan fingerprint density at radius 2 is 1.70 bits per heavy atom. The molecule has 2 N–H and O–H groups in total. The first-order valence-electron chi connectivity index (χ1n) is 9.51. The second-order valence-corrected chi connectivity index (χ2v) is 6.27. The first kappa shape index (κ1) is 20.9. The third-order valence-corrected chi connectivity index (χ3v) is 4.12. The Hall–Kier alpha value is -3.81. The van der Waals surface area contributed by atoms with Crippen molar-refractivity contribution < 1.29 is 23.5 Å². The van der Waals surface area contributed by atoms with Crippen LogP contribution in [0.2, 0.25) is 0 Å². The highest BCUT2D eigenvalue weighted by Gasteiger charge is 2.13. The molecule has 0 aliphatic heterocycles. The molecule has 2 aromatic carbocycles. The molecule has 0 saturated carbocycles. The number of carbonyl (C=O) groups is 2. The van der Waals surface area contributed by atoms with Crippen LogP contribution in [0.15, 0.2) is 57.7 Å². The molecular formula is C22H22N2O6. The van der Waals surface area contributed by atoms with Crippen molar-refractivity contribution >= 4 is 28.5 Å². The van der Waals surface area contributed by atoms with Crippen molar-refractivity contribution in [3.05, 3.63) is 64.5 Å². The van der Waals surface area contributed by atoms with Crippen molar-refractivity contribution in [2.75, 3.05) is 25.1 Å². The molecule has 0 bridgehead atoms. The molecule has 0 atom stereocenters. The summed E-state index contributed by atoms with van der Waals surface area (Å²) >= 11 is 0. The first-order valence-corrected chi connectivity index (χ1v) is 9.51. The molecule has 0 radical (unpaired) electrons. The van der Waals surface area contributed by atoms with Gasteiger partial charge >= 0.3 is 5.63 Å². The van der Waals surface area contributed by atoms with Gasteiger partial charge in [0, 0.05) is 22.7 Å². The molecule has 0 aliphatic carbocycles. The molecule has 3 aromatic rings. The van der Waals surface area contributed by atoms with Crippen molar-refractivity contribution in [3.8, 4) is 11.5 Å². The maximum Gasteiger partial charge on any atom is 0.336 e. The SMILES string of the molecule is CCOc1ccc(C(=O)NCC(=O)Nc2ccc3oc(=O)ccc3c2)cc1OCC. The number of carbonyl (C=O) groups excluding carboxylic acids is 2. The van der Waals surface area contributed by atoms with Crippen LogP contribution in [0.4, 0.5) is 5.69 Å². The summed E-state index contributed by atoms with van der Waals surface area (Å²) in [5.74, 6) is 0.227. The highest BCUT2D eigenvalue weighted by atomic mass is 16.5. The first-order chi connectivity index (χ1) is 14.5.